The molecule has 1 heterocycles. The van der Waals surface area contributed by atoms with Crippen LogP contribution in [0.15, 0.2) is 38.5 Å². The normalized spacial score (nSPS) is 10.7. The van der Waals surface area contributed by atoms with Crippen molar-refractivity contribution in [3.05, 3.63) is 66.7 Å². The molecule has 100 valence electrons. The highest BCUT2D eigenvalue weighted by atomic mass is 79.9. The van der Waals surface area contributed by atoms with E-state index in [0.717, 1.165) is 0 Å². The maximum absolute atomic E-state index is 13.3. The van der Waals surface area contributed by atoms with Crippen LogP contribution in [-0.2, 0) is 13.0 Å². The number of H-pyrrole nitrogens is 1. The second kappa shape index (κ2) is 5.52. The Bertz CT molecular complexity index is 701. The molecule has 0 fully saturated rings. The average molecular weight is 327 g/mol. The van der Waals surface area contributed by atoms with E-state index < -0.39 is 5.69 Å². The van der Waals surface area contributed by atoms with Gasteiger partial charge in [-0.05, 0) is 30.2 Å². The van der Waals surface area contributed by atoms with Crippen molar-refractivity contribution in [2.75, 3.05) is 0 Å². The summed E-state index contributed by atoms with van der Waals surface area (Å²) in [7, 11) is 0. The van der Waals surface area contributed by atoms with Gasteiger partial charge in [0.2, 0.25) is 0 Å². The molecule has 0 aliphatic rings. The lowest BCUT2D eigenvalue weighted by Crippen LogP contribution is -2.31. The fourth-order valence-corrected chi connectivity index (χ4v) is 2.34. The zero-order valence-corrected chi connectivity index (χ0v) is 11.8. The van der Waals surface area contributed by atoms with Gasteiger partial charge in [-0.25, -0.2) is 9.18 Å². The van der Waals surface area contributed by atoms with Crippen LogP contribution >= 0.6 is 15.9 Å². The largest absolute Gasteiger partial charge is 0.328 e. The Hall–Kier alpha value is -1.69. The fraction of sp³-hybridized carbons (Fsp3) is 0.231. The Morgan fingerprint density at radius 1 is 1.32 bits per heavy atom. The number of aryl methyl sites for hydroxylation is 1. The van der Waals surface area contributed by atoms with Gasteiger partial charge in [0, 0.05) is 16.2 Å². The molecule has 6 heteroatoms. The minimum absolute atomic E-state index is 0.207. The van der Waals surface area contributed by atoms with E-state index in [1.807, 2.05) is 6.92 Å². The van der Waals surface area contributed by atoms with Gasteiger partial charge in [-0.1, -0.05) is 22.9 Å². The van der Waals surface area contributed by atoms with E-state index in [1.165, 1.54) is 22.9 Å². The molecule has 2 rings (SSSR count). The van der Waals surface area contributed by atoms with Gasteiger partial charge in [0.05, 0.1) is 6.54 Å². The van der Waals surface area contributed by atoms with Crippen molar-refractivity contribution in [3.63, 3.8) is 0 Å². The van der Waals surface area contributed by atoms with Crippen molar-refractivity contribution in [3.8, 4) is 0 Å². The molecule has 0 saturated carbocycles. The standard InChI is InChI=1S/C13H12BrFN2O2/c1-2-9-7-17(13(19)16-12(9)18)6-8-3-10(14)5-11(15)4-8/h3-5,7H,2,6H2,1H3,(H,16,18,19). The SMILES string of the molecule is CCc1cn(Cc2cc(F)cc(Br)c2)c(=O)[nH]c1=O. The summed E-state index contributed by atoms with van der Waals surface area (Å²) in [4.78, 5) is 25.4. The lowest BCUT2D eigenvalue weighted by molar-refractivity contribution is 0.620. The minimum Gasteiger partial charge on any atom is -0.296 e. The molecule has 0 atom stereocenters. The summed E-state index contributed by atoms with van der Waals surface area (Å²) in [6.07, 6.45) is 2.04. The number of rotatable bonds is 3. The molecule has 1 aromatic heterocycles. The monoisotopic (exact) mass is 326 g/mol. The third-order valence-electron chi connectivity index (χ3n) is 2.74. The van der Waals surface area contributed by atoms with Gasteiger partial charge in [0.15, 0.2) is 0 Å². The number of nitrogens with one attached hydrogen (secondary N) is 1. The third kappa shape index (κ3) is 3.20. The molecular formula is C13H12BrFN2O2. The second-order valence-corrected chi connectivity index (χ2v) is 5.09. The van der Waals surface area contributed by atoms with Gasteiger partial charge in [-0.3, -0.25) is 14.3 Å². The molecule has 2 aromatic rings. The molecule has 4 nitrogen and oxygen atoms in total. The molecule has 0 amide bonds. The molecule has 0 radical (unpaired) electrons. The van der Waals surface area contributed by atoms with Crippen LogP contribution in [0.4, 0.5) is 4.39 Å². The van der Waals surface area contributed by atoms with Crippen LogP contribution in [-0.4, -0.2) is 9.55 Å². The van der Waals surface area contributed by atoms with Crippen molar-refractivity contribution in [2.24, 2.45) is 0 Å². The average Bonchev–Trinajstić information content (AvgIpc) is 2.31. The Labute approximate surface area is 117 Å². The highest BCUT2D eigenvalue weighted by Gasteiger charge is 2.05. The topological polar surface area (TPSA) is 54.9 Å². The Balaban J connectivity index is 2.43. The van der Waals surface area contributed by atoms with Crippen LogP contribution in [0.1, 0.15) is 18.1 Å². The number of nitrogens with zero attached hydrogens (tertiary/aromatic N) is 1. The van der Waals surface area contributed by atoms with Gasteiger partial charge < -0.3 is 0 Å². The van der Waals surface area contributed by atoms with Crippen LogP contribution in [0, 0.1) is 5.82 Å². The van der Waals surface area contributed by atoms with Crippen molar-refractivity contribution in [1.82, 2.24) is 9.55 Å². The van der Waals surface area contributed by atoms with Gasteiger partial charge >= 0.3 is 5.69 Å². The molecule has 0 saturated heterocycles. The molecule has 0 spiro atoms. The Kier molecular flexibility index (Phi) is 3.99. The second-order valence-electron chi connectivity index (χ2n) is 4.17. The van der Waals surface area contributed by atoms with Crippen LogP contribution in [0.3, 0.4) is 0 Å². The van der Waals surface area contributed by atoms with Gasteiger partial charge in [-0.2, -0.15) is 0 Å². The minimum atomic E-state index is -0.498. The highest BCUT2D eigenvalue weighted by molar-refractivity contribution is 9.10. The summed E-state index contributed by atoms with van der Waals surface area (Å²) < 4.78 is 15.2. The molecule has 0 aliphatic heterocycles. The number of halogens is 2. The number of hydrogen-bond acceptors (Lipinski definition) is 2. The quantitative estimate of drug-likeness (QED) is 0.938. The summed E-state index contributed by atoms with van der Waals surface area (Å²) in [6, 6.07) is 4.43. The number of hydrogen-bond donors (Lipinski definition) is 1. The summed E-state index contributed by atoms with van der Waals surface area (Å²) in [5.74, 6) is -0.377. The molecular weight excluding hydrogens is 315 g/mol. The van der Waals surface area contributed by atoms with E-state index in [2.05, 4.69) is 20.9 Å². The lowest BCUT2D eigenvalue weighted by Gasteiger charge is -2.07. The van der Waals surface area contributed by atoms with Crippen LogP contribution in [0.2, 0.25) is 0 Å². The number of aromatic amines is 1. The maximum atomic E-state index is 13.3. The Morgan fingerprint density at radius 3 is 2.68 bits per heavy atom. The first kappa shape index (κ1) is 13.7. The smallest absolute Gasteiger partial charge is 0.296 e. The molecule has 0 aliphatic carbocycles. The van der Waals surface area contributed by atoms with Crippen LogP contribution in [0.5, 0.6) is 0 Å². The fourth-order valence-electron chi connectivity index (χ4n) is 1.82. The van der Waals surface area contributed by atoms with Crippen molar-refractivity contribution in [1.29, 1.82) is 0 Å². The molecule has 1 aromatic carbocycles. The van der Waals surface area contributed by atoms with Crippen LogP contribution in [0.25, 0.3) is 0 Å². The molecule has 0 bridgehead atoms. The van der Waals surface area contributed by atoms with Crippen molar-refractivity contribution < 1.29 is 4.39 Å². The predicted octanol–water partition coefficient (Wildman–Crippen LogP) is 2.05. The van der Waals surface area contributed by atoms with Gasteiger partial charge in [0.1, 0.15) is 5.82 Å². The van der Waals surface area contributed by atoms with Crippen molar-refractivity contribution >= 4 is 15.9 Å². The predicted molar refractivity (Wildman–Crippen MR) is 73.9 cm³/mol. The number of benzene rings is 1. The summed E-state index contributed by atoms with van der Waals surface area (Å²) in [6.45, 7) is 2.04. The zero-order chi connectivity index (χ0) is 14.0. The van der Waals surface area contributed by atoms with E-state index in [0.29, 0.717) is 22.0 Å². The van der Waals surface area contributed by atoms with Crippen molar-refractivity contribution in [2.45, 2.75) is 19.9 Å². The van der Waals surface area contributed by atoms with E-state index in [4.69, 9.17) is 0 Å². The number of aromatic nitrogens is 2. The first-order valence-corrected chi connectivity index (χ1v) is 6.56. The zero-order valence-electron chi connectivity index (χ0n) is 10.2. The van der Waals surface area contributed by atoms with E-state index in [1.54, 1.807) is 6.07 Å². The highest BCUT2D eigenvalue weighted by Crippen LogP contribution is 2.15. The van der Waals surface area contributed by atoms with E-state index in [9.17, 15) is 14.0 Å². The summed E-state index contributed by atoms with van der Waals surface area (Å²) in [5, 5.41) is 0. The van der Waals surface area contributed by atoms with E-state index in [-0.39, 0.29) is 17.9 Å². The van der Waals surface area contributed by atoms with Gasteiger partial charge in [-0.15, -0.1) is 0 Å². The molecule has 19 heavy (non-hydrogen) atoms. The third-order valence-corrected chi connectivity index (χ3v) is 3.20. The molecule has 0 unspecified atom stereocenters. The molecule has 1 N–H and O–H groups in total. The summed E-state index contributed by atoms with van der Waals surface area (Å²) in [5.41, 5.74) is 0.296. The van der Waals surface area contributed by atoms with Gasteiger partial charge in [0.25, 0.3) is 5.56 Å². The van der Waals surface area contributed by atoms with E-state index >= 15 is 0 Å². The van der Waals surface area contributed by atoms with Crippen LogP contribution < -0.4 is 11.2 Å². The first-order valence-electron chi connectivity index (χ1n) is 5.77. The Morgan fingerprint density at radius 2 is 2.05 bits per heavy atom. The first-order chi connectivity index (χ1) is 8.99. The summed E-state index contributed by atoms with van der Waals surface area (Å²) >= 11 is 3.20. The maximum Gasteiger partial charge on any atom is 0.328 e. The lowest BCUT2D eigenvalue weighted by atomic mass is 10.2.